The van der Waals surface area contributed by atoms with Gasteiger partial charge < -0.3 is 15.1 Å². The lowest BCUT2D eigenvalue weighted by Crippen LogP contribution is -2.18. The lowest BCUT2D eigenvalue weighted by atomic mass is 10.1. The lowest BCUT2D eigenvalue weighted by molar-refractivity contribution is 0.0963. The standard InChI is InChI=1S/C14H15BrN2O2/c1-9-3-4-10(14(18)16-2)7-12(9)17-8-11-5-6-13(15)19-11/h3-7,17H,8H2,1-2H3,(H,16,18). The Bertz CT molecular complexity index is 593. The molecule has 1 amide bonds. The molecule has 2 aromatic rings. The van der Waals surface area contributed by atoms with E-state index < -0.39 is 0 Å². The van der Waals surface area contributed by atoms with Crippen LogP contribution in [-0.4, -0.2) is 13.0 Å². The highest BCUT2D eigenvalue weighted by Gasteiger charge is 2.07. The Morgan fingerprint density at radius 3 is 2.74 bits per heavy atom. The van der Waals surface area contributed by atoms with Crippen LogP contribution in [0.25, 0.3) is 0 Å². The molecule has 1 aromatic heterocycles. The fraction of sp³-hybridized carbons (Fsp3) is 0.214. The number of anilines is 1. The molecule has 0 spiro atoms. The molecule has 1 aromatic carbocycles. The first-order valence-corrected chi connectivity index (χ1v) is 6.70. The molecule has 1 heterocycles. The van der Waals surface area contributed by atoms with Gasteiger partial charge in [-0.3, -0.25) is 4.79 Å². The lowest BCUT2D eigenvalue weighted by Gasteiger charge is -2.10. The second-order valence-corrected chi connectivity index (χ2v) is 4.95. The van der Waals surface area contributed by atoms with E-state index in [1.807, 2.05) is 37.3 Å². The molecule has 0 aliphatic carbocycles. The van der Waals surface area contributed by atoms with Gasteiger partial charge in [-0.05, 0) is 52.7 Å². The van der Waals surface area contributed by atoms with Crippen LogP contribution < -0.4 is 10.6 Å². The van der Waals surface area contributed by atoms with Gasteiger partial charge in [0.15, 0.2) is 4.67 Å². The summed E-state index contributed by atoms with van der Waals surface area (Å²) < 4.78 is 6.13. The van der Waals surface area contributed by atoms with E-state index in [1.54, 1.807) is 7.05 Å². The third kappa shape index (κ3) is 3.38. The third-order valence-corrected chi connectivity index (χ3v) is 3.23. The number of carbonyl (C=O) groups is 1. The summed E-state index contributed by atoms with van der Waals surface area (Å²) in [6.45, 7) is 2.57. The average Bonchev–Trinajstić information content (AvgIpc) is 2.82. The molecule has 4 nitrogen and oxygen atoms in total. The molecule has 0 bridgehead atoms. The molecule has 2 rings (SSSR count). The normalized spacial score (nSPS) is 10.3. The van der Waals surface area contributed by atoms with Crippen LogP contribution in [0.2, 0.25) is 0 Å². The van der Waals surface area contributed by atoms with Gasteiger partial charge in [0.2, 0.25) is 0 Å². The third-order valence-electron chi connectivity index (χ3n) is 2.81. The van der Waals surface area contributed by atoms with Crippen molar-refractivity contribution in [1.29, 1.82) is 0 Å². The zero-order chi connectivity index (χ0) is 13.8. The summed E-state index contributed by atoms with van der Waals surface area (Å²) in [5.74, 6) is 0.736. The fourth-order valence-corrected chi connectivity index (χ4v) is 2.07. The molecule has 0 saturated heterocycles. The first-order chi connectivity index (χ1) is 9.10. The number of hydrogen-bond acceptors (Lipinski definition) is 3. The summed E-state index contributed by atoms with van der Waals surface area (Å²) in [7, 11) is 1.62. The van der Waals surface area contributed by atoms with Crippen molar-refractivity contribution in [2.75, 3.05) is 12.4 Å². The van der Waals surface area contributed by atoms with Gasteiger partial charge in [-0.1, -0.05) is 6.07 Å². The summed E-state index contributed by atoms with van der Waals surface area (Å²) in [4.78, 5) is 11.6. The van der Waals surface area contributed by atoms with Crippen LogP contribution in [0.1, 0.15) is 21.7 Å². The highest BCUT2D eigenvalue weighted by molar-refractivity contribution is 9.10. The molecule has 19 heavy (non-hydrogen) atoms. The van der Waals surface area contributed by atoms with E-state index in [0.717, 1.165) is 17.0 Å². The number of furan rings is 1. The Morgan fingerprint density at radius 1 is 1.32 bits per heavy atom. The molecule has 0 aliphatic heterocycles. The van der Waals surface area contributed by atoms with Crippen molar-refractivity contribution in [2.45, 2.75) is 13.5 Å². The van der Waals surface area contributed by atoms with Crippen molar-refractivity contribution >= 4 is 27.5 Å². The van der Waals surface area contributed by atoms with Crippen molar-refractivity contribution < 1.29 is 9.21 Å². The Hall–Kier alpha value is -1.75. The molecule has 0 atom stereocenters. The quantitative estimate of drug-likeness (QED) is 0.907. The number of benzene rings is 1. The van der Waals surface area contributed by atoms with Crippen molar-refractivity contribution in [2.24, 2.45) is 0 Å². The molecule has 0 fully saturated rings. The summed E-state index contributed by atoms with van der Waals surface area (Å²) in [6.07, 6.45) is 0. The van der Waals surface area contributed by atoms with Crippen LogP contribution in [0.5, 0.6) is 0 Å². The highest BCUT2D eigenvalue weighted by Crippen LogP contribution is 2.19. The number of amides is 1. The van der Waals surface area contributed by atoms with Crippen molar-refractivity contribution in [3.8, 4) is 0 Å². The molecule has 5 heteroatoms. The number of carbonyl (C=O) groups excluding carboxylic acids is 1. The number of rotatable bonds is 4. The Kier molecular flexibility index (Phi) is 4.27. The number of hydrogen-bond donors (Lipinski definition) is 2. The molecule has 100 valence electrons. The van der Waals surface area contributed by atoms with Crippen LogP contribution in [0, 0.1) is 6.92 Å². The van der Waals surface area contributed by atoms with Gasteiger partial charge in [0.05, 0.1) is 6.54 Å². The van der Waals surface area contributed by atoms with Crippen LogP contribution >= 0.6 is 15.9 Å². The van der Waals surface area contributed by atoms with Crippen molar-refractivity contribution in [3.63, 3.8) is 0 Å². The minimum atomic E-state index is -0.0937. The maximum Gasteiger partial charge on any atom is 0.251 e. The van der Waals surface area contributed by atoms with Crippen LogP contribution in [0.4, 0.5) is 5.69 Å². The number of nitrogens with one attached hydrogen (secondary N) is 2. The monoisotopic (exact) mass is 322 g/mol. The Labute approximate surface area is 120 Å². The largest absolute Gasteiger partial charge is 0.452 e. The molecular formula is C14H15BrN2O2. The van der Waals surface area contributed by atoms with Gasteiger partial charge in [-0.25, -0.2) is 0 Å². The average molecular weight is 323 g/mol. The van der Waals surface area contributed by atoms with Crippen molar-refractivity contribution in [1.82, 2.24) is 5.32 Å². The van der Waals surface area contributed by atoms with Gasteiger partial charge in [0.25, 0.3) is 5.91 Å². The highest BCUT2D eigenvalue weighted by atomic mass is 79.9. The maximum atomic E-state index is 11.6. The second-order valence-electron chi connectivity index (χ2n) is 4.17. The van der Waals surface area contributed by atoms with E-state index in [1.165, 1.54) is 0 Å². The van der Waals surface area contributed by atoms with E-state index in [9.17, 15) is 4.79 Å². The zero-order valence-corrected chi connectivity index (χ0v) is 12.4. The van der Waals surface area contributed by atoms with Gasteiger partial charge in [-0.15, -0.1) is 0 Å². The smallest absolute Gasteiger partial charge is 0.251 e. The van der Waals surface area contributed by atoms with Crippen LogP contribution in [0.3, 0.4) is 0 Å². The first kappa shape index (κ1) is 13.7. The predicted octanol–water partition coefficient (Wildman–Crippen LogP) is 3.32. The zero-order valence-electron chi connectivity index (χ0n) is 10.8. The molecule has 2 N–H and O–H groups in total. The van der Waals surface area contributed by atoms with Crippen LogP contribution in [-0.2, 0) is 6.54 Å². The van der Waals surface area contributed by atoms with Gasteiger partial charge in [-0.2, -0.15) is 0 Å². The second kappa shape index (κ2) is 5.93. The fourth-order valence-electron chi connectivity index (χ4n) is 1.73. The van der Waals surface area contributed by atoms with E-state index >= 15 is 0 Å². The minimum Gasteiger partial charge on any atom is -0.452 e. The molecular weight excluding hydrogens is 308 g/mol. The molecule has 0 aliphatic rings. The summed E-state index contributed by atoms with van der Waals surface area (Å²) in [5.41, 5.74) is 2.64. The van der Waals surface area contributed by atoms with Gasteiger partial charge in [0.1, 0.15) is 5.76 Å². The SMILES string of the molecule is CNC(=O)c1ccc(C)c(NCc2ccc(Br)o2)c1. The van der Waals surface area contributed by atoms with Crippen LogP contribution in [0.15, 0.2) is 39.4 Å². The van der Waals surface area contributed by atoms with Gasteiger partial charge >= 0.3 is 0 Å². The minimum absolute atomic E-state index is 0.0937. The summed E-state index contributed by atoms with van der Waals surface area (Å²) in [6, 6.07) is 9.32. The van der Waals surface area contributed by atoms with Crippen molar-refractivity contribution in [3.05, 3.63) is 51.9 Å². The summed E-state index contributed by atoms with van der Waals surface area (Å²) in [5, 5.41) is 5.88. The van der Waals surface area contributed by atoms with E-state index in [2.05, 4.69) is 26.6 Å². The Balaban J connectivity index is 2.12. The predicted molar refractivity (Wildman–Crippen MR) is 78.3 cm³/mol. The molecule has 0 saturated carbocycles. The number of halogens is 1. The first-order valence-electron chi connectivity index (χ1n) is 5.91. The van der Waals surface area contributed by atoms with E-state index in [4.69, 9.17) is 4.42 Å². The Morgan fingerprint density at radius 2 is 2.11 bits per heavy atom. The van der Waals surface area contributed by atoms with E-state index in [0.29, 0.717) is 16.8 Å². The maximum absolute atomic E-state index is 11.6. The van der Waals surface area contributed by atoms with E-state index in [-0.39, 0.29) is 5.91 Å². The van der Waals surface area contributed by atoms with Gasteiger partial charge in [0, 0.05) is 18.3 Å². The molecule has 0 unspecified atom stereocenters. The molecule has 0 radical (unpaired) electrons. The summed E-state index contributed by atoms with van der Waals surface area (Å²) >= 11 is 3.27. The topological polar surface area (TPSA) is 54.3 Å². The number of aryl methyl sites for hydroxylation is 1.